The van der Waals surface area contributed by atoms with E-state index in [9.17, 15) is 13.2 Å². The molecule has 1 fully saturated rings. The number of benzene rings is 1. The third-order valence-corrected chi connectivity index (χ3v) is 6.73. The van der Waals surface area contributed by atoms with Crippen molar-refractivity contribution >= 4 is 33.2 Å². The number of anilines is 1. The van der Waals surface area contributed by atoms with Crippen LogP contribution in [-0.4, -0.2) is 48.6 Å². The number of carbonyl (C=O) groups excluding carboxylic acids is 1. The van der Waals surface area contributed by atoms with E-state index < -0.39 is 15.9 Å². The first-order valence-corrected chi connectivity index (χ1v) is 10.8. The van der Waals surface area contributed by atoms with Gasteiger partial charge in [-0.15, -0.1) is 0 Å². The molecule has 10 heteroatoms. The fourth-order valence-corrected chi connectivity index (χ4v) is 5.06. The van der Waals surface area contributed by atoms with Crippen molar-refractivity contribution in [2.75, 3.05) is 25.5 Å². The van der Waals surface area contributed by atoms with Gasteiger partial charge in [0, 0.05) is 32.0 Å². The molecule has 1 aromatic heterocycles. The fourth-order valence-electron chi connectivity index (χ4n) is 3.16. The Hall–Kier alpha value is -2.10. The predicted molar refractivity (Wildman–Crippen MR) is 106 cm³/mol. The van der Waals surface area contributed by atoms with Crippen LogP contribution in [0.15, 0.2) is 29.4 Å². The highest BCUT2D eigenvalue weighted by atomic mass is 35.5. The van der Waals surface area contributed by atoms with Crippen molar-refractivity contribution in [2.45, 2.75) is 30.7 Å². The van der Waals surface area contributed by atoms with Gasteiger partial charge < -0.3 is 10.1 Å². The summed E-state index contributed by atoms with van der Waals surface area (Å²) < 4.78 is 34.0. The van der Waals surface area contributed by atoms with Gasteiger partial charge in [0.1, 0.15) is 5.75 Å². The first-order valence-electron chi connectivity index (χ1n) is 9.01. The van der Waals surface area contributed by atoms with Crippen molar-refractivity contribution in [1.82, 2.24) is 14.1 Å². The van der Waals surface area contributed by atoms with Crippen molar-refractivity contribution in [2.24, 2.45) is 7.05 Å². The van der Waals surface area contributed by atoms with Gasteiger partial charge in [-0.1, -0.05) is 24.4 Å². The summed E-state index contributed by atoms with van der Waals surface area (Å²) >= 11 is 6.09. The number of hydrogen-bond donors (Lipinski definition) is 1. The molecule has 28 heavy (non-hydrogen) atoms. The summed E-state index contributed by atoms with van der Waals surface area (Å²) in [5, 5.41) is 6.86. The zero-order valence-electron chi connectivity index (χ0n) is 15.8. The number of methoxy groups -OCH3 is 1. The summed E-state index contributed by atoms with van der Waals surface area (Å²) in [6.45, 7) is 0.877. The van der Waals surface area contributed by atoms with Crippen LogP contribution >= 0.6 is 11.6 Å². The summed E-state index contributed by atoms with van der Waals surface area (Å²) in [7, 11) is -0.776. The molecule has 1 amide bonds. The van der Waals surface area contributed by atoms with Crippen molar-refractivity contribution in [3.8, 4) is 5.75 Å². The maximum Gasteiger partial charge on any atom is 0.263 e. The van der Waals surface area contributed by atoms with Crippen LogP contribution in [0.5, 0.6) is 5.75 Å². The lowest BCUT2D eigenvalue weighted by Gasteiger charge is -2.19. The van der Waals surface area contributed by atoms with Crippen LogP contribution in [0.2, 0.25) is 5.02 Å². The standard InChI is InChI=1S/C18H23ClN4O4S/c1-22-12-14(17(24)20-13-7-8-16(27-2)15(19)11-13)18(21-22)28(25,26)23-9-5-3-4-6-10-23/h7-8,11-12H,3-6,9-10H2,1-2H3,(H,20,24). The molecule has 0 aliphatic carbocycles. The van der Waals surface area contributed by atoms with E-state index >= 15 is 0 Å². The molecule has 1 N–H and O–H groups in total. The van der Waals surface area contributed by atoms with Gasteiger partial charge in [0.25, 0.3) is 15.9 Å². The SMILES string of the molecule is COc1ccc(NC(=O)c2cn(C)nc2S(=O)(=O)N2CCCCCC2)cc1Cl. The molecule has 2 heterocycles. The molecule has 0 unspecified atom stereocenters. The monoisotopic (exact) mass is 426 g/mol. The largest absolute Gasteiger partial charge is 0.495 e. The molecule has 0 atom stereocenters. The molecule has 0 radical (unpaired) electrons. The number of aryl methyl sites for hydroxylation is 1. The Morgan fingerprint density at radius 2 is 1.89 bits per heavy atom. The number of nitrogens with one attached hydrogen (secondary N) is 1. The second-order valence-corrected chi connectivity index (χ2v) is 8.90. The van der Waals surface area contributed by atoms with E-state index in [-0.39, 0.29) is 10.6 Å². The minimum Gasteiger partial charge on any atom is -0.495 e. The molecular weight excluding hydrogens is 404 g/mol. The number of aromatic nitrogens is 2. The molecule has 1 saturated heterocycles. The van der Waals surface area contributed by atoms with Crippen molar-refractivity contribution < 1.29 is 17.9 Å². The van der Waals surface area contributed by atoms with E-state index in [1.165, 1.54) is 28.4 Å². The normalized spacial score (nSPS) is 15.8. The third kappa shape index (κ3) is 4.31. The maximum atomic E-state index is 13.1. The highest BCUT2D eigenvalue weighted by Crippen LogP contribution is 2.28. The van der Waals surface area contributed by atoms with Crippen molar-refractivity contribution in [3.05, 3.63) is 35.0 Å². The quantitative estimate of drug-likeness (QED) is 0.793. The molecule has 1 aromatic carbocycles. The number of rotatable bonds is 5. The number of sulfonamides is 1. The summed E-state index contributed by atoms with van der Waals surface area (Å²) in [4.78, 5) is 12.8. The predicted octanol–water partition coefficient (Wildman–Crippen LogP) is 2.90. The van der Waals surface area contributed by atoms with Crippen LogP contribution in [-0.2, 0) is 17.1 Å². The molecule has 0 saturated carbocycles. The molecule has 1 aliphatic heterocycles. The summed E-state index contributed by atoms with van der Waals surface area (Å²) in [5.41, 5.74) is 0.427. The van der Waals surface area contributed by atoms with Crippen LogP contribution in [0, 0.1) is 0 Å². The number of amides is 1. The van der Waals surface area contributed by atoms with Crippen LogP contribution in [0.1, 0.15) is 36.0 Å². The lowest BCUT2D eigenvalue weighted by atomic mass is 10.2. The van der Waals surface area contributed by atoms with E-state index in [1.807, 2.05) is 0 Å². The lowest BCUT2D eigenvalue weighted by molar-refractivity contribution is 0.102. The number of halogens is 1. The van der Waals surface area contributed by atoms with Gasteiger partial charge >= 0.3 is 0 Å². The summed E-state index contributed by atoms with van der Waals surface area (Å²) in [6.07, 6.45) is 5.01. The van der Waals surface area contributed by atoms with Gasteiger partial charge in [-0.05, 0) is 31.0 Å². The Morgan fingerprint density at radius 3 is 2.50 bits per heavy atom. The first kappa shape index (κ1) is 20.6. The van der Waals surface area contributed by atoms with Gasteiger partial charge in [0.15, 0.2) is 0 Å². The minimum absolute atomic E-state index is 0.00122. The zero-order valence-corrected chi connectivity index (χ0v) is 17.4. The van der Waals surface area contributed by atoms with Gasteiger partial charge in [-0.25, -0.2) is 8.42 Å². The Balaban J connectivity index is 1.88. The minimum atomic E-state index is -3.86. The average Bonchev–Trinajstić information content (AvgIpc) is 2.87. The molecule has 3 rings (SSSR count). The van der Waals surface area contributed by atoms with Crippen LogP contribution in [0.4, 0.5) is 5.69 Å². The van der Waals surface area contributed by atoms with E-state index in [0.717, 1.165) is 25.7 Å². The number of ether oxygens (including phenoxy) is 1. The molecule has 152 valence electrons. The molecule has 2 aromatic rings. The van der Waals surface area contributed by atoms with Gasteiger partial charge in [-0.2, -0.15) is 9.40 Å². The second kappa shape index (κ2) is 8.50. The molecule has 0 bridgehead atoms. The summed E-state index contributed by atoms with van der Waals surface area (Å²) in [5.74, 6) is -0.0896. The third-order valence-electron chi connectivity index (χ3n) is 4.60. The lowest BCUT2D eigenvalue weighted by Crippen LogP contribution is -2.33. The first-order chi connectivity index (χ1) is 13.3. The van der Waals surface area contributed by atoms with Crippen molar-refractivity contribution in [3.63, 3.8) is 0 Å². The van der Waals surface area contributed by atoms with Crippen molar-refractivity contribution in [1.29, 1.82) is 0 Å². The van der Waals surface area contributed by atoms with E-state index in [0.29, 0.717) is 29.5 Å². The van der Waals surface area contributed by atoms with Gasteiger partial charge in [0.05, 0.1) is 17.7 Å². The summed E-state index contributed by atoms with van der Waals surface area (Å²) in [6, 6.07) is 4.79. The Bertz CT molecular complexity index is 966. The Labute approximate surface area is 169 Å². The second-order valence-electron chi connectivity index (χ2n) is 6.64. The van der Waals surface area contributed by atoms with Crippen LogP contribution in [0.25, 0.3) is 0 Å². The molecular formula is C18H23ClN4O4S. The number of carbonyl (C=O) groups is 1. The number of hydrogen-bond acceptors (Lipinski definition) is 5. The number of nitrogens with zero attached hydrogens (tertiary/aromatic N) is 3. The Morgan fingerprint density at radius 1 is 1.21 bits per heavy atom. The van der Waals surface area contributed by atoms with E-state index in [2.05, 4.69) is 10.4 Å². The smallest absolute Gasteiger partial charge is 0.263 e. The van der Waals surface area contributed by atoms with Crippen LogP contribution < -0.4 is 10.1 Å². The molecule has 1 aliphatic rings. The fraction of sp³-hybridized carbons (Fsp3) is 0.444. The van der Waals surface area contributed by atoms with E-state index in [1.54, 1.807) is 19.2 Å². The maximum absolute atomic E-state index is 13.1. The highest BCUT2D eigenvalue weighted by molar-refractivity contribution is 7.89. The van der Waals surface area contributed by atoms with Gasteiger partial charge in [-0.3, -0.25) is 9.48 Å². The highest BCUT2D eigenvalue weighted by Gasteiger charge is 2.32. The zero-order chi connectivity index (χ0) is 20.3. The van der Waals surface area contributed by atoms with Crippen LogP contribution in [0.3, 0.4) is 0 Å². The van der Waals surface area contributed by atoms with Gasteiger partial charge in [0.2, 0.25) is 5.03 Å². The topological polar surface area (TPSA) is 93.5 Å². The average molecular weight is 427 g/mol. The Kier molecular flexibility index (Phi) is 6.26. The molecule has 8 nitrogen and oxygen atoms in total. The molecule has 0 spiro atoms. The van der Waals surface area contributed by atoms with E-state index in [4.69, 9.17) is 16.3 Å².